The van der Waals surface area contributed by atoms with Crippen LogP contribution in [0.3, 0.4) is 0 Å². The number of amides is 6. The fraction of sp³-hybridized carbons (Fsp3) is 0.542. The van der Waals surface area contributed by atoms with Gasteiger partial charge in [0, 0.05) is 32.6 Å². The maximum absolute atomic E-state index is 14.5. The zero-order valence-corrected chi connectivity index (χ0v) is 42.6. The lowest BCUT2D eigenvalue weighted by atomic mass is 10.0. The van der Waals surface area contributed by atoms with E-state index in [1.807, 2.05) is 44.2 Å². The minimum absolute atomic E-state index is 0.0312. The first kappa shape index (κ1) is 62.4. The second kappa shape index (κ2) is 34.6. The Kier molecular flexibility index (Phi) is 29.2. The van der Waals surface area contributed by atoms with Gasteiger partial charge in [-0.1, -0.05) is 74.5 Å². The predicted molar refractivity (Wildman–Crippen MR) is 286 cm³/mol. The van der Waals surface area contributed by atoms with Crippen molar-refractivity contribution in [2.45, 2.75) is 127 Å². The van der Waals surface area contributed by atoms with Crippen molar-refractivity contribution >= 4 is 59.3 Å². The van der Waals surface area contributed by atoms with Gasteiger partial charge in [0.25, 0.3) is 0 Å². The molecular formula is C48H81N19O7. The molecule has 0 saturated heterocycles. The van der Waals surface area contributed by atoms with Crippen molar-refractivity contribution < 1.29 is 33.9 Å². The molecule has 0 fully saturated rings. The number of carbonyl (C=O) groups excluding carboxylic acids is 6. The van der Waals surface area contributed by atoms with Crippen molar-refractivity contribution in [3.63, 3.8) is 0 Å². The number of nitrogens with one attached hydrogen (secondary N) is 6. The van der Waals surface area contributed by atoms with E-state index in [2.05, 4.69) is 51.9 Å². The Balaban J connectivity index is 2.54. The van der Waals surface area contributed by atoms with E-state index in [-0.39, 0.29) is 114 Å². The van der Waals surface area contributed by atoms with Gasteiger partial charge >= 0.3 is 0 Å². The molecule has 0 aliphatic rings. The van der Waals surface area contributed by atoms with Crippen molar-refractivity contribution in [2.75, 3.05) is 32.8 Å². The fourth-order valence-electron chi connectivity index (χ4n) is 7.49. The Bertz CT molecular complexity index is 2160. The van der Waals surface area contributed by atoms with Gasteiger partial charge in [0.15, 0.2) is 23.8 Å². The first-order valence-electron chi connectivity index (χ1n) is 24.7. The van der Waals surface area contributed by atoms with Gasteiger partial charge in [0.05, 0.1) is 18.7 Å². The third-order valence-electron chi connectivity index (χ3n) is 11.2. The second-order valence-corrected chi connectivity index (χ2v) is 18.1. The van der Waals surface area contributed by atoms with Crippen LogP contribution in [0.25, 0.3) is 0 Å². The molecule has 0 unspecified atom stereocenters. The number of aliphatic hydroxyl groups is 1. The molecule has 26 nitrogen and oxygen atoms in total. The van der Waals surface area contributed by atoms with E-state index in [1.165, 1.54) is 0 Å². The Morgan fingerprint density at radius 1 is 0.446 bits per heavy atom. The average molecular weight is 1040 g/mol. The first-order chi connectivity index (χ1) is 35.2. The van der Waals surface area contributed by atoms with E-state index in [4.69, 9.17) is 51.6 Å². The van der Waals surface area contributed by atoms with Crippen molar-refractivity contribution in [2.24, 2.45) is 77.5 Å². The highest BCUT2D eigenvalue weighted by atomic mass is 16.3. The topological polar surface area (TPSA) is 478 Å². The molecule has 2 aromatic carbocycles. The molecule has 410 valence electrons. The number of guanidine groups is 4. The number of hydrogen-bond acceptors (Lipinski definition) is 12. The monoisotopic (exact) mass is 1040 g/mol. The van der Waals surface area contributed by atoms with E-state index < -0.39 is 84.3 Å². The average Bonchev–Trinajstić information content (AvgIpc) is 3.34. The maximum atomic E-state index is 14.5. The molecule has 2 aromatic rings. The number of hydrogen-bond donors (Lipinski definition) is 16. The zero-order chi connectivity index (χ0) is 55.0. The molecule has 0 aliphatic heterocycles. The van der Waals surface area contributed by atoms with Gasteiger partial charge in [-0.3, -0.25) is 48.7 Å². The molecule has 7 atom stereocenters. The van der Waals surface area contributed by atoms with Gasteiger partial charge in [0.2, 0.25) is 35.4 Å². The normalized spacial score (nSPS) is 13.7. The van der Waals surface area contributed by atoms with Gasteiger partial charge in [0.1, 0.15) is 30.2 Å². The number of nitrogens with zero attached hydrogens (tertiary/aromatic N) is 4. The lowest BCUT2D eigenvalue weighted by Gasteiger charge is -2.28. The van der Waals surface area contributed by atoms with Crippen LogP contribution in [0.4, 0.5) is 0 Å². The number of aliphatic hydroxyl groups excluding tert-OH is 1. The van der Waals surface area contributed by atoms with E-state index >= 15 is 0 Å². The van der Waals surface area contributed by atoms with E-state index in [0.29, 0.717) is 18.4 Å². The highest BCUT2D eigenvalue weighted by Gasteiger charge is 2.33. The summed E-state index contributed by atoms with van der Waals surface area (Å²) in [5.74, 6) is -4.99. The number of carbonyl (C=O) groups is 6. The van der Waals surface area contributed by atoms with Crippen LogP contribution >= 0.6 is 0 Å². The lowest BCUT2D eigenvalue weighted by molar-refractivity contribution is -0.135. The standard InChI is InChI=1S/C48H81N19O7/c1-29(2)25-33(49)39(69)63-34(17-9-21-58-45(50)51)40(70)64-35(18-10-22-59-46(52)53)41(71)65-36(19-11-23-60-47(54)55)42(72)66-37(20-12-24-61-48(56)57)43(73)67-38(27-31-15-7-4-8-16-31)44(74)62-32(28-68)26-30-13-5-3-6-14-30/h3-8,13-16,29,32-38,68H,9-12,17-28,49H2,1-2H3,(H,62,74)(H,63,69)(H,64,70)(H,65,71)(H,66,72)(H,67,73)(H4,50,51,58)(H4,52,53,59)(H4,54,55,60)(H4,56,57,61)/t32-,33-,34-,35-,36-,37-,38-/m0/s1. The number of aliphatic imine (C=N–C) groups is 4. The van der Waals surface area contributed by atoms with Crippen LogP contribution in [0.2, 0.25) is 0 Å². The molecular weight excluding hydrogens is 955 g/mol. The lowest BCUT2D eigenvalue weighted by Crippen LogP contribution is -2.60. The van der Waals surface area contributed by atoms with Crippen LogP contribution < -0.4 is 83.5 Å². The van der Waals surface area contributed by atoms with Crippen LogP contribution in [0.5, 0.6) is 0 Å². The van der Waals surface area contributed by atoms with Crippen molar-refractivity contribution in [3.05, 3.63) is 71.8 Å². The van der Waals surface area contributed by atoms with E-state index in [9.17, 15) is 33.9 Å². The molecule has 0 saturated carbocycles. The molecule has 0 aromatic heterocycles. The Morgan fingerprint density at radius 3 is 1.05 bits per heavy atom. The predicted octanol–water partition coefficient (Wildman–Crippen LogP) is -4.04. The van der Waals surface area contributed by atoms with Crippen LogP contribution in [0.15, 0.2) is 80.6 Å². The first-order valence-corrected chi connectivity index (χ1v) is 24.7. The molecule has 2 rings (SSSR count). The van der Waals surface area contributed by atoms with Gasteiger partial charge in [-0.05, 0) is 81.3 Å². The number of benzene rings is 2. The maximum Gasteiger partial charge on any atom is 0.243 e. The van der Waals surface area contributed by atoms with E-state index in [1.54, 1.807) is 30.3 Å². The third-order valence-corrected chi connectivity index (χ3v) is 11.2. The molecule has 0 spiro atoms. The van der Waals surface area contributed by atoms with Gasteiger partial charge in [-0.15, -0.1) is 0 Å². The quantitative estimate of drug-likeness (QED) is 0.0178. The van der Waals surface area contributed by atoms with Gasteiger partial charge < -0.3 is 88.6 Å². The number of rotatable bonds is 35. The third kappa shape index (κ3) is 26.6. The van der Waals surface area contributed by atoms with E-state index in [0.717, 1.165) is 5.56 Å². The molecule has 74 heavy (non-hydrogen) atoms. The molecule has 26 heteroatoms. The van der Waals surface area contributed by atoms with Gasteiger partial charge in [-0.25, -0.2) is 0 Å². The SMILES string of the molecule is CC(C)C[C@H](N)C(=O)N[C@@H](CCCN=C(N)N)C(=O)N[C@@H](CCCN=C(N)N)C(=O)N[C@@H](CCCN=C(N)N)C(=O)N[C@@H](CCCN=C(N)N)C(=O)N[C@@H](Cc1ccccc1)C(=O)N[C@H](CO)Cc1ccccc1. The minimum atomic E-state index is -1.36. The summed E-state index contributed by atoms with van der Waals surface area (Å²) in [6, 6.07) is 10.2. The molecule has 25 N–H and O–H groups in total. The van der Waals surface area contributed by atoms with Crippen LogP contribution in [-0.4, -0.2) is 139 Å². The van der Waals surface area contributed by atoms with Crippen LogP contribution in [0, 0.1) is 5.92 Å². The zero-order valence-electron chi connectivity index (χ0n) is 42.6. The Hall–Kier alpha value is -7.74. The van der Waals surface area contributed by atoms with Crippen molar-refractivity contribution in [1.29, 1.82) is 0 Å². The smallest absolute Gasteiger partial charge is 0.243 e. The Labute approximate surface area is 432 Å². The largest absolute Gasteiger partial charge is 0.394 e. The molecule has 0 aliphatic carbocycles. The fourth-order valence-corrected chi connectivity index (χ4v) is 7.49. The number of nitrogens with two attached hydrogens (primary N) is 9. The van der Waals surface area contributed by atoms with Gasteiger partial charge in [-0.2, -0.15) is 0 Å². The summed E-state index contributed by atoms with van der Waals surface area (Å²) in [7, 11) is 0. The van der Waals surface area contributed by atoms with Crippen LogP contribution in [-0.2, 0) is 41.6 Å². The summed E-state index contributed by atoms with van der Waals surface area (Å²) >= 11 is 0. The minimum Gasteiger partial charge on any atom is -0.394 e. The summed E-state index contributed by atoms with van der Waals surface area (Å²) in [5, 5.41) is 26.8. The summed E-state index contributed by atoms with van der Waals surface area (Å²) in [6.07, 6.45) is 1.38. The van der Waals surface area contributed by atoms with Crippen molar-refractivity contribution in [1.82, 2.24) is 31.9 Å². The summed E-state index contributed by atoms with van der Waals surface area (Å²) in [4.78, 5) is 101. The Morgan fingerprint density at radius 2 is 0.743 bits per heavy atom. The molecule has 0 heterocycles. The second-order valence-electron chi connectivity index (χ2n) is 18.1. The highest BCUT2D eigenvalue weighted by molar-refractivity contribution is 5.97. The molecule has 0 bridgehead atoms. The molecule has 0 radical (unpaired) electrons. The van der Waals surface area contributed by atoms with Crippen LogP contribution in [0.1, 0.15) is 82.8 Å². The summed E-state index contributed by atoms with van der Waals surface area (Å²) in [6.45, 7) is 3.73. The molecule has 6 amide bonds. The van der Waals surface area contributed by atoms with Crippen molar-refractivity contribution in [3.8, 4) is 0 Å². The summed E-state index contributed by atoms with van der Waals surface area (Å²) < 4.78 is 0. The highest BCUT2D eigenvalue weighted by Crippen LogP contribution is 2.12. The summed E-state index contributed by atoms with van der Waals surface area (Å²) in [5.41, 5.74) is 52.0.